The molecular formula is C26H16BrCl2N3O4S3. The minimum atomic E-state index is -0.737. The molecule has 3 amide bonds. The molecule has 39 heavy (non-hydrogen) atoms. The van der Waals surface area contributed by atoms with E-state index in [-0.39, 0.29) is 23.2 Å². The number of thiazole rings is 1. The predicted molar refractivity (Wildman–Crippen MR) is 160 cm³/mol. The van der Waals surface area contributed by atoms with E-state index >= 15 is 0 Å². The maximum atomic E-state index is 13.8. The number of carbonyl (C=O) groups is 3. The number of hydrogen-bond acceptors (Lipinski definition) is 7. The maximum absolute atomic E-state index is 13.8. The number of halogens is 3. The Morgan fingerprint density at radius 3 is 2.46 bits per heavy atom. The Labute approximate surface area is 252 Å². The van der Waals surface area contributed by atoms with Gasteiger partial charge in [-0.2, -0.15) is 0 Å². The number of anilines is 2. The molecule has 13 heteroatoms. The van der Waals surface area contributed by atoms with E-state index < -0.39 is 23.0 Å². The zero-order valence-corrected chi connectivity index (χ0v) is 25.1. The molecule has 4 aromatic rings. The average Bonchev–Trinajstić information content (AvgIpc) is 3.60. The van der Waals surface area contributed by atoms with Crippen LogP contribution in [0.1, 0.15) is 15.7 Å². The van der Waals surface area contributed by atoms with E-state index in [9.17, 15) is 19.2 Å². The van der Waals surface area contributed by atoms with Crippen molar-refractivity contribution in [2.75, 3.05) is 10.2 Å². The van der Waals surface area contributed by atoms with E-state index in [2.05, 4.69) is 21.2 Å². The standard InChI is InChI=1S/C26H16BrCl2N3O4S3/c27-12-3-6-14(7-4-12)32-23(34)20-19(17-2-1-9-37-17)22-25(38-21(20)24(32)35)31(26(36)39-22)11-18(33)30-13-5-8-15(28)16(29)10-13/h1-10,19-21H,11H2,(H,30,33)/t19-,20?,21?/m1/s1. The lowest BCUT2D eigenvalue weighted by Crippen LogP contribution is -2.32. The van der Waals surface area contributed by atoms with Crippen molar-refractivity contribution in [2.45, 2.75) is 22.7 Å². The molecule has 0 spiro atoms. The summed E-state index contributed by atoms with van der Waals surface area (Å²) in [5, 5.41) is 5.09. The van der Waals surface area contributed by atoms with E-state index in [1.807, 2.05) is 17.5 Å². The van der Waals surface area contributed by atoms with Crippen LogP contribution in [0.4, 0.5) is 11.4 Å². The van der Waals surface area contributed by atoms with Gasteiger partial charge in [0.15, 0.2) is 0 Å². The van der Waals surface area contributed by atoms with Gasteiger partial charge in [0.2, 0.25) is 17.7 Å². The van der Waals surface area contributed by atoms with Crippen molar-refractivity contribution >= 4 is 103 Å². The SMILES string of the molecule is O=C(Cn1c2c(sc1=O)[C@H](c1cccs1)C1C(=O)N(c3ccc(Br)cc3)C(=O)C1S2)Nc1ccc(Cl)c(Cl)c1. The van der Waals surface area contributed by atoms with Gasteiger partial charge in [-0.1, -0.05) is 68.3 Å². The van der Waals surface area contributed by atoms with Crippen LogP contribution in [0.3, 0.4) is 0 Å². The molecule has 0 saturated carbocycles. The summed E-state index contributed by atoms with van der Waals surface area (Å²) in [5.74, 6) is -2.21. The van der Waals surface area contributed by atoms with Crippen molar-refractivity contribution < 1.29 is 14.4 Å². The molecule has 0 radical (unpaired) electrons. The molecule has 3 atom stereocenters. The number of nitrogens with zero attached hydrogens (tertiary/aromatic N) is 2. The Balaban J connectivity index is 1.37. The first-order chi connectivity index (χ1) is 18.7. The number of hydrogen-bond donors (Lipinski definition) is 1. The van der Waals surface area contributed by atoms with Gasteiger partial charge in [-0.3, -0.25) is 23.7 Å². The molecule has 2 aliphatic rings. The number of aromatic nitrogens is 1. The summed E-state index contributed by atoms with van der Waals surface area (Å²) in [6.45, 7) is -0.259. The van der Waals surface area contributed by atoms with Crippen LogP contribution in [0.25, 0.3) is 0 Å². The van der Waals surface area contributed by atoms with Crippen molar-refractivity contribution in [3.8, 4) is 0 Å². The lowest BCUT2D eigenvalue weighted by Gasteiger charge is -2.29. The first kappa shape index (κ1) is 26.8. The largest absolute Gasteiger partial charge is 0.324 e. The van der Waals surface area contributed by atoms with Gasteiger partial charge in [0.1, 0.15) is 11.8 Å². The van der Waals surface area contributed by atoms with Crippen LogP contribution in [0, 0.1) is 5.92 Å². The van der Waals surface area contributed by atoms with Gasteiger partial charge in [0.25, 0.3) is 0 Å². The zero-order valence-electron chi connectivity index (χ0n) is 19.6. The molecule has 2 aromatic heterocycles. The van der Waals surface area contributed by atoms with Crippen molar-refractivity contribution in [3.63, 3.8) is 0 Å². The Bertz CT molecular complexity index is 1690. The number of imide groups is 1. The van der Waals surface area contributed by atoms with E-state index in [4.69, 9.17) is 23.2 Å². The fourth-order valence-electron chi connectivity index (χ4n) is 4.79. The fraction of sp³-hybridized carbons (Fsp3) is 0.154. The molecule has 2 aliphatic heterocycles. The van der Waals surface area contributed by atoms with Crippen LogP contribution in [-0.4, -0.2) is 27.5 Å². The molecule has 4 heterocycles. The molecule has 2 aromatic carbocycles. The predicted octanol–water partition coefficient (Wildman–Crippen LogP) is 6.48. The molecule has 198 valence electrons. The molecule has 6 rings (SSSR count). The van der Waals surface area contributed by atoms with Gasteiger partial charge in [-0.05, 0) is 53.9 Å². The summed E-state index contributed by atoms with van der Waals surface area (Å²) in [6, 6.07) is 15.5. The Kier molecular flexibility index (Phi) is 7.23. The highest BCUT2D eigenvalue weighted by atomic mass is 79.9. The van der Waals surface area contributed by atoms with Crippen LogP contribution in [0.2, 0.25) is 10.0 Å². The van der Waals surface area contributed by atoms with Crippen LogP contribution in [0.15, 0.2) is 74.3 Å². The van der Waals surface area contributed by atoms with Crippen molar-refractivity contribution in [2.24, 2.45) is 5.92 Å². The number of thiophene rings is 1. The minimum Gasteiger partial charge on any atom is -0.324 e. The summed E-state index contributed by atoms with van der Waals surface area (Å²) in [4.78, 5) is 56.1. The molecular weight excluding hydrogens is 665 g/mol. The summed E-state index contributed by atoms with van der Waals surface area (Å²) in [6.07, 6.45) is 0. The second-order valence-electron chi connectivity index (χ2n) is 8.85. The molecule has 0 aliphatic carbocycles. The van der Waals surface area contributed by atoms with Crippen molar-refractivity contribution in [3.05, 3.63) is 93.9 Å². The molecule has 2 unspecified atom stereocenters. The summed E-state index contributed by atoms with van der Waals surface area (Å²) >= 11 is 19.1. The summed E-state index contributed by atoms with van der Waals surface area (Å²) in [5.41, 5.74) is 0.937. The second-order valence-corrected chi connectivity index (χ2v) is 13.7. The zero-order chi connectivity index (χ0) is 27.4. The third-order valence-corrected chi connectivity index (χ3v) is 11.3. The fourth-order valence-corrected chi connectivity index (χ4v) is 9.08. The number of carbonyl (C=O) groups excluding carboxylic acids is 3. The van der Waals surface area contributed by atoms with Gasteiger partial charge in [-0.15, -0.1) is 11.3 Å². The molecule has 0 bridgehead atoms. The topological polar surface area (TPSA) is 88.5 Å². The smallest absolute Gasteiger partial charge is 0.308 e. The number of fused-ring (bicyclic) bond motifs is 2. The second kappa shape index (κ2) is 10.5. The van der Waals surface area contributed by atoms with Crippen LogP contribution in [0.5, 0.6) is 0 Å². The van der Waals surface area contributed by atoms with Crippen molar-refractivity contribution in [1.82, 2.24) is 4.57 Å². The Morgan fingerprint density at radius 2 is 1.77 bits per heavy atom. The van der Waals surface area contributed by atoms with E-state index in [1.54, 1.807) is 36.4 Å². The highest BCUT2D eigenvalue weighted by Gasteiger charge is 2.57. The molecule has 1 saturated heterocycles. The molecule has 1 fully saturated rings. The molecule has 1 N–H and O–H groups in total. The van der Waals surface area contributed by atoms with Gasteiger partial charge in [0, 0.05) is 25.8 Å². The number of benzene rings is 2. The third kappa shape index (κ3) is 4.79. The maximum Gasteiger partial charge on any atom is 0.308 e. The van der Waals surface area contributed by atoms with Crippen LogP contribution < -0.4 is 15.1 Å². The van der Waals surface area contributed by atoms with E-state index in [1.165, 1.54) is 38.6 Å². The first-order valence-corrected chi connectivity index (χ1v) is 15.7. The normalized spacial score (nSPS) is 20.2. The van der Waals surface area contributed by atoms with Gasteiger partial charge in [0.05, 0.1) is 26.7 Å². The average molecular weight is 681 g/mol. The quantitative estimate of drug-likeness (QED) is 0.244. The third-order valence-electron chi connectivity index (χ3n) is 6.49. The first-order valence-electron chi connectivity index (χ1n) is 11.5. The monoisotopic (exact) mass is 679 g/mol. The Morgan fingerprint density at radius 1 is 1.00 bits per heavy atom. The van der Waals surface area contributed by atoms with E-state index in [0.29, 0.717) is 31.3 Å². The minimum absolute atomic E-state index is 0.259. The molecule has 7 nitrogen and oxygen atoms in total. The highest BCUT2D eigenvalue weighted by Crippen LogP contribution is 2.54. The number of rotatable bonds is 5. The number of amides is 3. The number of thioether (sulfide) groups is 1. The lowest BCUT2D eigenvalue weighted by atomic mass is 9.87. The lowest BCUT2D eigenvalue weighted by molar-refractivity contribution is -0.122. The van der Waals surface area contributed by atoms with Crippen molar-refractivity contribution in [1.29, 1.82) is 0 Å². The van der Waals surface area contributed by atoms with Crippen LogP contribution in [-0.2, 0) is 20.9 Å². The summed E-state index contributed by atoms with van der Waals surface area (Å²) in [7, 11) is 0. The van der Waals surface area contributed by atoms with Gasteiger partial charge in [-0.25, -0.2) is 4.90 Å². The van der Waals surface area contributed by atoms with Gasteiger partial charge < -0.3 is 5.32 Å². The number of nitrogens with one attached hydrogen (secondary N) is 1. The van der Waals surface area contributed by atoms with Gasteiger partial charge >= 0.3 is 4.87 Å². The van der Waals surface area contributed by atoms with E-state index in [0.717, 1.165) is 20.7 Å². The van der Waals surface area contributed by atoms with Crippen LogP contribution >= 0.6 is 73.6 Å². The highest BCUT2D eigenvalue weighted by molar-refractivity contribution is 9.10. The summed E-state index contributed by atoms with van der Waals surface area (Å²) < 4.78 is 2.22. The Hall–Kier alpha value is -2.41.